The van der Waals surface area contributed by atoms with Crippen LogP contribution in [0.2, 0.25) is 0 Å². The summed E-state index contributed by atoms with van der Waals surface area (Å²) in [5, 5.41) is 0.785. The largest absolute Gasteiger partial charge is 0.298 e. The quantitative estimate of drug-likeness (QED) is 0.671. The Morgan fingerprint density at radius 1 is 1.29 bits per heavy atom. The Bertz CT molecular complexity index is 169. The molecule has 0 unspecified atom stereocenters. The molecule has 1 fully saturated rings. The molecular formula is C12H22OS. The van der Waals surface area contributed by atoms with Crippen LogP contribution in [-0.4, -0.2) is 16.8 Å². The van der Waals surface area contributed by atoms with Gasteiger partial charge in [0.25, 0.3) is 0 Å². The maximum absolute atomic E-state index is 11.7. The van der Waals surface area contributed by atoms with Gasteiger partial charge in [-0.1, -0.05) is 26.7 Å². The lowest BCUT2D eigenvalue weighted by molar-refractivity contribution is -0.120. The Labute approximate surface area is 92.0 Å². The Hall–Kier alpha value is 0.0200. The third-order valence-corrected chi connectivity index (χ3v) is 4.60. The first-order chi connectivity index (χ1) is 6.77. The number of hydrogen-bond acceptors (Lipinski definition) is 2. The van der Waals surface area contributed by atoms with Crippen molar-refractivity contribution < 1.29 is 4.79 Å². The molecular weight excluding hydrogens is 192 g/mol. The number of ketones is 1. The van der Waals surface area contributed by atoms with E-state index in [0.29, 0.717) is 11.7 Å². The molecule has 1 aliphatic carbocycles. The van der Waals surface area contributed by atoms with Gasteiger partial charge in [0.2, 0.25) is 0 Å². The molecule has 0 heterocycles. The average Bonchev–Trinajstić information content (AvgIpc) is 2.69. The van der Waals surface area contributed by atoms with Gasteiger partial charge in [-0.15, -0.1) is 0 Å². The highest BCUT2D eigenvalue weighted by Gasteiger charge is 2.19. The zero-order valence-corrected chi connectivity index (χ0v) is 10.2. The third kappa shape index (κ3) is 3.64. The minimum Gasteiger partial charge on any atom is -0.298 e. The monoisotopic (exact) mass is 214 g/mol. The molecule has 0 amide bonds. The van der Waals surface area contributed by atoms with Gasteiger partial charge in [0.05, 0.1) is 5.75 Å². The minimum atomic E-state index is 0.323. The Morgan fingerprint density at radius 3 is 2.36 bits per heavy atom. The highest BCUT2D eigenvalue weighted by atomic mass is 32.2. The van der Waals surface area contributed by atoms with Crippen LogP contribution >= 0.6 is 11.8 Å². The molecule has 1 aliphatic rings. The Balaban J connectivity index is 2.18. The minimum absolute atomic E-state index is 0.323. The number of thioether (sulfide) groups is 1. The van der Waals surface area contributed by atoms with E-state index in [2.05, 4.69) is 13.8 Å². The third-order valence-electron chi connectivity index (χ3n) is 3.20. The molecule has 0 spiro atoms. The summed E-state index contributed by atoms with van der Waals surface area (Å²) in [6.45, 7) is 4.23. The first-order valence-electron chi connectivity index (χ1n) is 5.92. The molecule has 0 aromatic carbocycles. The molecule has 0 radical (unpaired) electrons. The molecule has 0 atom stereocenters. The van der Waals surface area contributed by atoms with Gasteiger partial charge in [0.15, 0.2) is 0 Å². The predicted molar refractivity (Wildman–Crippen MR) is 63.8 cm³/mol. The van der Waals surface area contributed by atoms with Crippen LogP contribution in [0.25, 0.3) is 0 Å². The Kier molecular flexibility index (Phi) is 5.61. The summed E-state index contributed by atoms with van der Waals surface area (Å²) in [5.74, 6) is 1.56. The summed E-state index contributed by atoms with van der Waals surface area (Å²) in [4.78, 5) is 11.7. The standard InChI is InChI=1S/C12H22OS/c1-3-10(4-2)12(13)9-14-11-7-5-6-8-11/h10-11H,3-9H2,1-2H3. The van der Waals surface area contributed by atoms with E-state index in [1.807, 2.05) is 11.8 Å². The van der Waals surface area contributed by atoms with Crippen LogP contribution < -0.4 is 0 Å². The maximum atomic E-state index is 11.7. The highest BCUT2D eigenvalue weighted by Crippen LogP contribution is 2.30. The molecule has 0 N–H and O–H groups in total. The van der Waals surface area contributed by atoms with Crippen molar-refractivity contribution in [2.24, 2.45) is 5.92 Å². The normalized spacial score (nSPS) is 17.9. The lowest BCUT2D eigenvalue weighted by Crippen LogP contribution is -2.16. The summed E-state index contributed by atoms with van der Waals surface area (Å²) >= 11 is 1.90. The molecule has 1 nitrogen and oxygen atoms in total. The fourth-order valence-electron chi connectivity index (χ4n) is 2.12. The second-order valence-electron chi connectivity index (χ2n) is 4.20. The molecule has 0 aromatic rings. The van der Waals surface area contributed by atoms with Crippen LogP contribution in [0.3, 0.4) is 0 Å². The van der Waals surface area contributed by atoms with Gasteiger partial charge in [-0.3, -0.25) is 4.79 Å². The van der Waals surface area contributed by atoms with Crippen LogP contribution in [0, 0.1) is 5.92 Å². The molecule has 1 saturated carbocycles. The second kappa shape index (κ2) is 6.49. The van der Waals surface area contributed by atoms with Crippen molar-refractivity contribution in [1.29, 1.82) is 0 Å². The first-order valence-corrected chi connectivity index (χ1v) is 6.97. The summed E-state index contributed by atoms with van der Waals surface area (Å²) in [6, 6.07) is 0. The second-order valence-corrected chi connectivity index (χ2v) is 5.49. The summed E-state index contributed by atoms with van der Waals surface area (Å²) < 4.78 is 0. The summed E-state index contributed by atoms with van der Waals surface area (Å²) in [5.41, 5.74) is 0. The van der Waals surface area contributed by atoms with Crippen molar-refractivity contribution in [1.82, 2.24) is 0 Å². The van der Waals surface area contributed by atoms with Crippen molar-refractivity contribution in [3.63, 3.8) is 0 Å². The fraction of sp³-hybridized carbons (Fsp3) is 0.917. The molecule has 0 aliphatic heterocycles. The average molecular weight is 214 g/mol. The molecule has 14 heavy (non-hydrogen) atoms. The topological polar surface area (TPSA) is 17.1 Å². The number of carbonyl (C=O) groups is 1. The molecule has 0 saturated heterocycles. The number of rotatable bonds is 6. The summed E-state index contributed by atoms with van der Waals surface area (Å²) in [7, 11) is 0. The van der Waals surface area contributed by atoms with E-state index in [4.69, 9.17) is 0 Å². The van der Waals surface area contributed by atoms with Gasteiger partial charge in [0.1, 0.15) is 5.78 Å². The van der Waals surface area contributed by atoms with Gasteiger partial charge in [-0.25, -0.2) is 0 Å². The van der Waals surface area contributed by atoms with Crippen molar-refractivity contribution >= 4 is 17.5 Å². The van der Waals surface area contributed by atoms with Crippen LogP contribution in [0.15, 0.2) is 0 Å². The SMILES string of the molecule is CCC(CC)C(=O)CSC1CCCC1. The van der Waals surface area contributed by atoms with E-state index in [1.165, 1.54) is 25.7 Å². The first kappa shape index (κ1) is 12.1. The van der Waals surface area contributed by atoms with E-state index in [1.54, 1.807) is 0 Å². The highest BCUT2D eigenvalue weighted by molar-refractivity contribution is 8.00. The van der Waals surface area contributed by atoms with Gasteiger partial charge in [-0.2, -0.15) is 11.8 Å². The number of carbonyl (C=O) groups excluding carboxylic acids is 1. The molecule has 1 rings (SSSR count). The van der Waals surface area contributed by atoms with Crippen molar-refractivity contribution in [3.05, 3.63) is 0 Å². The van der Waals surface area contributed by atoms with Gasteiger partial charge < -0.3 is 0 Å². The van der Waals surface area contributed by atoms with E-state index < -0.39 is 0 Å². The number of Topliss-reactive ketones (excluding diaryl/α,β-unsaturated/α-hetero) is 1. The fourth-order valence-corrected chi connectivity index (χ4v) is 3.42. The van der Waals surface area contributed by atoms with Crippen LogP contribution in [0.5, 0.6) is 0 Å². The van der Waals surface area contributed by atoms with Gasteiger partial charge >= 0.3 is 0 Å². The lowest BCUT2D eigenvalue weighted by atomic mass is 10.00. The smallest absolute Gasteiger partial charge is 0.145 e. The number of hydrogen-bond donors (Lipinski definition) is 0. The molecule has 0 aromatic heterocycles. The van der Waals surface area contributed by atoms with Crippen LogP contribution in [0.4, 0.5) is 0 Å². The van der Waals surface area contributed by atoms with Crippen molar-refractivity contribution in [2.75, 3.05) is 5.75 Å². The maximum Gasteiger partial charge on any atom is 0.145 e. The lowest BCUT2D eigenvalue weighted by Gasteiger charge is -2.12. The van der Waals surface area contributed by atoms with E-state index in [9.17, 15) is 4.79 Å². The predicted octanol–water partition coefficient (Wildman–Crippen LogP) is 3.67. The molecule has 2 heteroatoms. The Morgan fingerprint density at radius 2 is 1.86 bits per heavy atom. The van der Waals surface area contributed by atoms with E-state index in [0.717, 1.165) is 23.8 Å². The van der Waals surface area contributed by atoms with Crippen LogP contribution in [-0.2, 0) is 4.79 Å². The van der Waals surface area contributed by atoms with E-state index in [-0.39, 0.29) is 0 Å². The van der Waals surface area contributed by atoms with Crippen LogP contribution in [0.1, 0.15) is 52.4 Å². The van der Waals surface area contributed by atoms with Crippen molar-refractivity contribution in [3.8, 4) is 0 Å². The zero-order valence-electron chi connectivity index (χ0n) is 9.42. The molecule has 82 valence electrons. The van der Waals surface area contributed by atoms with E-state index >= 15 is 0 Å². The zero-order chi connectivity index (χ0) is 10.4. The summed E-state index contributed by atoms with van der Waals surface area (Å²) in [6.07, 6.45) is 7.44. The van der Waals surface area contributed by atoms with Crippen molar-refractivity contribution in [2.45, 2.75) is 57.6 Å². The van der Waals surface area contributed by atoms with Gasteiger partial charge in [-0.05, 0) is 25.7 Å². The van der Waals surface area contributed by atoms with Gasteiger partial charge in [0, 0.05) is 11.2 Å². The molecule has 0 bridgehead atoms.